The fourth-order valence-corrected chi connectivity index (χ4v) is 4.68. The molecule has 0 amide bonds. The Balaban J connectivity index is 1.92. The number of hydrogen-bond donors (Lipinski definition) is 0. The third kappa shape index (κ3) is 3.91. The van der Waals surface area contributed by atoms with Gasteiger partial charge >= 0.3 is 4.87 Å². The number of hydrogen-bond acceptors (Lipinski definition) is 5. The van der Waals surface area contributed by atoms with Crippen LogP contribution in [0.25, 0.3) is 10.9 Å². The van der Waals surface area contributed by atoms with Crippen molar-refractivity contribution in [3.63, 3.8) is 0 Å². The van der Waals surface area contributed by atoms with Crippen LogP contribution < -0.4 is 10.4 Å². The maximum Gasteiger partial charge on any atom is 0.307 e. The van der Waals surface area contributed by atoms with Crippen molar-refractivity contribution in [1.29, 1.82) is 0 Å². The van der Waals surface area contributed by atoms with Crippen LogP contribution in [0.1, 0.15) is 19.0 Å². The highest BCUT2D eigenvalue weighted by Crippen LogP contribution is 2.21. The third-order valence-corrected chi connectivity index (χ3v) is 6.18. The Kier molecular flexibility index (Phi) is 5.81. The molecule has 0 aliphatic heterocycles. The average molecular weight is 440 g/mol. The molecule has 2 heterocycles. The molecule has 8 heteroatoms. The Morgan fingerprint density at radius 3 is 2.72 bits per heavy atom. The normalized spacial score (nSPS) is 11.3. The SMILES string of the molecule is CCCn1c(SCCn2c(C)csc2=O)nc2ccc(Br)cc2c1=O. The lowest BCUT2D eigenvalue weighted by Gasteiger charge is -2.12. The molecule has 5 nitrogen and oxygen atoms in total. The summed E-state index contributed by atoms with van der Waals surface area (Å²) >= 11 is 6.15. The Morgan fingerprint density at radius 2 is 2.04 bits per heavy atom. The Morgan fingerprint density at radius 1 is 1.24 bits per heavy atom. The lowest BCUT2D eigenvalue weighted by Crippen LogP contribution is -2.24. The first-order valence-electron chi connectivity index (χ1n) is 7.99. The van der Waals surface area contributed by atoms with E-state index in [-0.39, 0.29) is 10.4 Å². The minimum absolute atomic E-state index is 0.0143. The van der Waals surface area contributed by atoms with Gasteiger partial charge in [-0.2, -0.15) is 0 Å². The van der Waals surface area contributed by atoms with Crippen molar-refractivity contribution in [1.82, 2.24) is 14.1 Å². The molecule has 0 saturated heterocycles. The van der Waals surface area contributed by atoms with E-state index >= 15 is 0 Å². The van der Waals surface area contributed by atoms with E-state index < -0.39 is 0 Å². The molecule has 25 heavy (non-hydrogen) atoms. The zero-order chi connectivity index (χ0) is 18.0. The van der Waals surface area contributed by atoms with Gasteiger partial charge in [-0.05, 0) is 31.5 Å². The van der Waals surface area contributed by atoms with Gasteiger partial charge in [-0.1, -0.05) is 46.0 Å². The molecular formula is C17H18BrN3O2S2. The quantitative estimate of drug-likeness (QED) is 0.431. The van der Waals surface area contributed by atoms with E-state index in [0.717, 1.165) is 16.6 Å². The Labute approximate surface area is 161 Å². The number of fused-ring (bicyclic) bond motifs is 1. The highest BCUT2D eigenvalue weighted by molar-refractivity contribution is 9.10. The average Bonchev–Trinajstić information content (AvgIpc) is 2.90. The van der Waals surface area contributed by atoms with Crippen LogP contribution in [0.15, 0.2) is 42.8 Å². The standard InChI is InChI=1S/C17H18BrN3O2S2/c1-3-6-21-15(22)13-9-12(18)4-5-14(13)19-16(21)24-8-7-20-11(2)10-25-17(20)23/h4-5,9-10H,3,6-8H2,1-2H3. The summed E-state index contributed by atoms with van der Waals surface area (Å²) in [5.74, 6) is 0.690. The molecule has 0 bridgehead atoms. The number of nitrogens with zero attached hydrogens (tertiary/aromatic N) is 3. The van der Waals surface area contributed by atoms with Crippen molar-refractivity contribution in [2.75, 3.05) is 5.75 Å². The maximum atomic E-state index is 12.8. The Hall–Kier alpha value is -1.38. The van der Waals surface area contributed by atoms with Crippen LogP contribution in [-0.2, 0) is 13.1 Å². The number of thioether (sulfide) groups is 1. The highest BCUT2D eigenvalue weighted by atomic mass is 79.9. The molecule has 0 N–H and O–H groups in total. The summed E-state index contributed by atoms with van der Waals surface area (Å²) < 4.78 is 4.37. The van der Waals surface area contributed by atoms with E-state index in [0.29, 0.717) is 34.9 Å². The molecule has 0 unspecified atom stereocenters. The lowest BCUT2D eigenvalue weighted by atomic mass is 10.2. The summed E-state index contributed by atoms with van der Waals surface area (Å²) in [7, 11) is 0. The van der Waals surface area contributed by atoms with Crippen molar-refractivity contribution < 1.29 is 0 Å². The zero-order valence-electron chi connectivity index (χ0n) is 14.0. The molecular weight excluding hydrogens is 422 g/mol. The number of rotatable bonds is 6. The maximum absolute atomic E-state index is 12.8. The van der Waals surface area contributed by atoms with Gasteiger partial charge in [-0.25, -0.2) is 4.98 Å². The molecule has 2 aromatic heterocycles. The van der Waals surface area contributed by atoms with Crippen LogP contribution in [0.2, 0.25) is 0 Å². The van der Waals surface area contributed by atoms with E-state index in [9.17, 15) is 9.59 Å². The van der Waals surface area contributed by atoms with Gasteiger partial charge in [0, 0.05) is 34.4 Å². The molecule has 0 aliphatic carbocycles. The van der Waals surface area contributed by atoms with Gasteiger partial charge in [0.15, 0.2) is 5.16 Å². The second-order valence-electron chi connectivity index (χ2n) is 5.66. The number of thiazole rings is 1. The summed E-state index contributed by atoms with van der Waals surface area (Å²) in [5.41, 5.74) is 1.66. The first kappa shape index (κ1) is 18.4. The fraction of sp³-hybridized carbons (Fsp3) is 0.353. The number of halogens is 1. The third-order valence-electron chi connectivity index (χ3n) is 3.85. The molecule has 3 aromatic rings. The van der Waals surface area contributed by atoms with Crippen LogP contribution in [0.5, 0.6) is 0 Å². The van der Waals surface area contributed by atoms with E-state index in [1.807, 2.05) is 37.4 Å². The van der Waals surface area contributed by atoms with Gasteiger partial charge in [-0.3, -0.25) is 14.2 Å². The molecule has 3 rings (SSSR count). The van der Waals surface area contributed by atoms with Crippen molar-refractivity contribution in [2.24, 2.45) is 0 Å². The molecule has 132 valence electrons. The predicted molar refractivity (Wildman–Crippen MR) is 108 cm³/mol. The van der Waals surface area contributed by atoms with Gasteiger partial charge in [0.2, 0.25) is 0 Å². The lowest BCUT2D eigenvalue weighted by molar-refractivity contribution is 0.584. The largest absolute Gasteiger partial charge is 0.307 e. The van der Waals surface area contributed by atoms with Gasteiger partial charge in [-0.15, -0.1) is 0 Å². The zero-order valence-corrected chi connectivity index (χ0v) is 17.2. The van der Waals surface area contributed by atoms with Crippen molar-refractivity contribution in [2.45, 2.75) is 38.5 Å². The first-order valence-corrected chi connectivity index (χ1v) is 10.6. The highest BCUT2D eigenvalue weighted by Gasteiger charge is 2.12. The molecule has 0 aliphatic rings. The molecule has 0 fully saturated rings. The Bertz CT molecular complexity index is 1020. The second-order valence-corrected chi connectivity index (χ2v) is 8.45. The van der Waals surface area contributed by atoms with Crippen LogP contribution in [-0.4, -0.2) is 19.9 Å². The van der Waals surface area contributed by atoms with E-state index in [1.165, 1.54) is 23.1 Å². The second kappa shape index (κ2) is 7.88. The van der Waals surface area contributed by atoms with Crippen LogP contribution in [0.3, 0.4) is 0 Å². The smallest absolute Gasteiger partial charge is 0.303 e. The minimum Gasteiger partial charge on any atom is -0.303 e. The number of aromatic nitrogens is 3. The monoisotopic (exact) mass is 439 g/mol. The van der Waals surface area contributed by atoms with Crippen molar-refractivity contribution in [3.8, 4) is 0 Å². The van der Waals surface area contributed by atoms with Crippen LogP contribution in [0.4, 0.5) is 0 Å². The molecule has 1 aromatic carbocycles. The minimum atomic E-state index is -0.0143. The van der Waals surface area contributed by atoms with E-state index in [4.69, 9.17) is 0 Å². The van der Waals surface area contributed by atoms with Gasteiger partial charge in [0.05, 0.1) is 10.9 Å². The van der Waals surface area contributed by atoms with Gasteiger partial charge in [0.25, 0.3) is 5.56 Å². The van der Waals surface area contributed by atoms with Gasteiger partial charge < -0.3 is 4.57 Å². The van der Waals surface area contributed by atoms with E-state index in [1.54, 1.807) is 9.13 Å². The van der Waals surface area contributed by atoms with Crippen LogP contribution >= 0.6 is 39.0 Å². The molecule has 0 spiro atoms. The number of benzene rings is 1. The molecule has 0 radical (unpaired) electrons. The van der Waals surface area contributed by atoms with Crippen molar-refractivity contribution >= 4 is 49.9 Å². The summed E-state index contributed by atoms with van der Waals surface area (Å²) in [4.78, 5) is 29.4. The van der Waals surface area contributed by atoms with E-state index in [2.05, 4.69) is 20.9 Å². The van der Waals surface area contributed by atoms with Crippen molar-refractivity contribution in [3.05, 3.63) is 53.8 Å². The molecule has 0 atom stereocenters. The topological polar surface area (TPSA) is 56.9 Å². The fourth-order valence-electron chi connectivity index (χ4n) is 2.61. The predicted octanol–water partition coefficient (Wildman–Crippen LogP) is 3.89. The molecule has 0 saturated carbocycles. The summed E-state index contributed by atoms with van der Waals surface area (Å²) in [6, 6.07) is 5.57. The summed E-state index contributed by atoms with van der Waals surface area (Å²) in [6.45, 7) is 5.22. The summed E-state index contributed by atoms with van der Waals surface area (Å²) in [6.07, 6.45) is 0.859. The number of aryl methyl sites for hydroxylation is 1. The first-order chi connectivity index (χ1) is 12.0. The summed E-state index contributed by atoms with van der Waals surface area (Å²) in [5, 5.41) is 3.20. The van der Waals surface area contributed by atoms with Crippen LogP contribution in [0, 0.1) is 6.92 Å². The van der Waals surface area contributed by atoms with Gasteiger partial charge in [0.1, 0.15) is 0 Å².